The predicted octanol–water partition coefficient (Wildman–Crippen LogP) is 7.17. The predicted molar refractivity (Wildman–Crippen MR) is 166 cm³/mol. The van der Waals surface area contributed by atoms with Crippen LogP contribution in [-0.4, -0.2) is 58.3 Å². The van der Waals surface area contributed by atoms with Crippen LogP contribution in [0.4, 0.5) is 0 Å². The van der Waals surface area contributed by atoms with Gasteiger partial charge in [-0.1, -0.05) is 69.3 Å². The molecule has 2 aromatic rings. The van der Waals surface area contributed by atoms with Crippen molar-refractivity contribution < 1.29 is 32.9 Å². The summed E-state index contributed by atoms with van der Waals surface area (Å²) in [4.78, 5) is 12.7. The number of hydrogen-bond acceptors (Lipinski definition) is 7. The van der Waals surface area contributed by atoms with E-state index < -0.39 is 32.9 Å². The minimum absolute atomic E-state index is 0.0275. The van der Waals surface area contributed by atoms with E-state index >= 15 is 0 Å². The highest BCUT2D eigenvalue weighted by Crippen LogP contribution is 2.43. The van der Waals surface area contributed by atoms with Gasteiger partial charge in [-0.25, -0.2) is 0 Å². The maximum Gasteiger partial charge on any atom is 0.192 e. The summed E-state index contributed by atoms with van der Waals surface area (Å²) in [6.07, 6.45) is 1.40. The van der Waals surface area contributed by atoms with Crippen LogP contribution in [-0.2, 0) is 34.8 Å². The summed E-state index contributed by atoms with van der Waals surface area (Å²) in [5.41, 5.74) is 1.97. The van der Waals surface area contributed by atoms with Gasteiger partial charge < -0.3 is 28.1 Å². The number of hydrogen-bond donors (Lipinski definition) is 0. The van der Waals surface area contributed by atoms with Crippen molar-refractivity contribution in [2.24, 2.45) is 0 Å². The number of allylic oxidation sites excluding steroid dienone is 1. The second kappa shape index (κ2) is 14.4. The molecule has 2 aromatic carbocycles. The van der Waals surface area contributed by atoms with Gasteiger partial charge in [0.05, 0.1) is 26.4 Å². The highest BCUT2D eigenvalue weighted by atomic mass is 28.4. The Bertz CT molecular complexity index is 1140. The zero-order valence-corrected chi connectivity index (χ0v) is 27.0. The molecule has 42 heavy (non-hydrogen) atoms. The van der Waals surface area contributed by atoms with Gasteiger partial charge in [0, 0.05) is 18.4 Å². The third-order valence-corrected chi connectivity index (χ3v) is 13.1. The van der Waals surface area contributed by atoms with Gasteiger partial charge in [-0.05, 0) is 48.7 Å². The number of rotatable bonds is 13. The Morgan fingerprint density at radius 1 is 1.02 bits per heavy atom. The lowest BCUT2D eigenvalue weighted by atomic mass is 9.91. The van der Waals surface area contributed by atoms with Gasteiger partial charge in [0.25, 0.3) is 0 Å². The van der Waals surface area contributed by atoms with Crippen molar-refractivity contribution in [1.82, 2.24) is 0 Å². The highest BCUT2D eigenvalue weighted by molar-refractivity contribution is 6.74. The molecule has 0 saturated carbocycles. The van der Waals surface area contributed by atoms with Gasteiger partial charge in [-0.3, -0.25) is 4.79 Å². The van der Waals surface area contributed by atoms with Crippen molar-refractivity contribution in [3.8, 4) is 5.75 Å². The molecule has 0 aromatic heterocycles. The number of carbonyl (C=O) groups is 1. The van der Waals surface area contributed by atoms with Crippen LogP contribution in [0.15, 0.2) is 67.3 Å². The third-order valence-electron chi connectivity index (χ3n) is 8.67. The first kappa shape index (κ1) is 32.6. The quantitative estimate of drug-likeness (QED) is 0.179. The molecule has 0 N–H and O–H groups in total. The van der Waals surface area contributed by atoms with Crippen LogP contribution >= 0.6 is 0 Å². The average Bonchev–Trinajstić information content (AvgIpc) is 2.98. The molecular weight excluding hydrogens is 548 g/mol. The summed E-state index contributed by atoms with van der Waals surface area (Å²) >= 11 is 0. The first-order valence-corrected chi connectivity index (χ1v) is 18.0. The number of benzene rings is 2. The first-order valence-electron chi connectivity index (χ1n) is 15.0. The molecule has 0 bridgehead atoms. The molecule has 2 aliphatic heterocycles. The van der Waals surface area contributed by atoms with Crippen LogP contribution in [0, 0.1) is 0 Å². The number of ether oxygens (including phenoxy) is 5. The van der Waals surface area contributed by atoms with Crippen LogP contribution in [0.25, 0.3) is 0 Å². The number of carbonyl (C=O) groups excluding carboxylic acids is 1. The summed E-state index contributed by atoms with van der Waals surface area (Å²) in [5.74, 6) is 0.968. The van der Waals surface area contributed by atoms with Gasteiger partial charge in [0.15, 0.2) is 14.6 Å². The van der Waals surface area contributed by atoms with Gasteiger partial charge in [-0.15, -0.1) is 6.58 Å². The third kappa shape index (κ3) is 8.18. The van der Waals surface area contributed by atoms with Gasteiger partial charge in [0.2, 0.25) is 0 Å². The molecule has 8 heteroatoms. The van der Waals surface area contributed by atoms with Crippen molar-refractivity contribution >= 4 is 14.1 Å². The average molecular weight is 597 g/mol. The maximum absolute atomic E-state index is 12.7. The summed E-state index contributed by atoms with van der Waals surface area (Å²) in [5, 5.41) is -0.0275. The largest absolute Gasteiger partial charge is 0.497 e. The maximum atomic E-state index is 12.7. The number of methoxy groups -OCH3 is 1. The van der Waals surface area contributed by atoms with E-state index in [4.69, 9.17) is 28.1 Å². The van der Waals surface area contributed by atoms with Gasteiger partial charge in [0.1, 0.15) is 35.9 Å². The van der Waals surface area contributed by atoms with Crippen molar-refractivity contribution in [3.05, 3.63) is 78.4 Å². The lowest BCUT2D eigenvalue weighted by Crippen LogP contribution is -2.65. The molecule has 2 aliphatic rings. The van der Waals surface area contributed by atoms with E-state index in [1.807, 2.05) is 42.5 Å². The van der Waals surface area contributed by atoms with Crippen molar-refractivity contribution in [2.75, 3.05) is 13.7 Å². The van der Waals surface area contributed by atoms with Crippen LogP contribution < -0.4 is 4.74 Å². The first-order chi connectivity index (χ1) is 20.0. The monoisotopic (exact) mass is 596 g/mol. The zero-order valence-electron chi connectivity index (χ0n) is 26.0. The molecule has 2 saturated heterocycles. The molecular formula is C34H48O7Si. The number of Topliss-reactive ketones (excluding diaryl/α,β-unsaturated/α-hetero) is 1. The molecule has 0 spiro atoms. The Hall–Kier alpha value is -2.33. The second-order valence-corrected chi connectivity index (χ2v) is 17.5. The fourth-order valence-electron chi connectivity index (χ4n) is 5.13. The van der Waals surface area contributed by atoms with Gasteiger partial charge >= 0.3 is 0 Å². The van der Waals surface area contributed by atoms with Crippen molar-refractivity contribution in [3.63, 3.8) is 0 Å². The standard InChI is InChI=1S/C34H48O7Si/c1-8-9-15-26(35)18-21-28-31(41-42(6,7)34(2,3)4)32(37-22-24-13-11-10-12-14-24)30-29(39-28)23-38-33(40-30)25-16-19-27(36-5)20-17-25/h8,10-14,16-17,19-20,28-33H,1,9,15,18,21-23H2,2-7H3/t28-,29-,30-,31-,32-,33-/m1/s1. The smallest absolute Gasteiger partial charge is 0.192 e. The van der Waals surface area contributed by atoms with Crippen LogP contribution in [0.5, 0.6) is 5.75 Å². The molecule has 2 fully saturated rings. The lowest BCUT2D eigenvalue weighted by Gasteiger charge is -2.52. The Balaban J connectivity index is 1.64. The van der Waals surface area contributed by atoms with Crippen LogP contribution in [0.2, 0.25) is 18.1 Å². The van der Waals surface area contributed by atoms with Crippen LogP contribution in [0.3, 0.4) is 0 Å². The van der Waals surface area contributed by atoms with E-state index in [1.54, 1.807) is 13.2 Å². The molecule has 2 heterocycles. The summed E-state index contributed by atoms with van der Waals surface area (Å²) in [7, 11) is -0.622. The molecule has 0 amide bonds. The molecule has 0 radical (unpaired) electrons. The second-order valence-electron chi connectivity index (χ2n) is 12.8. The van der Waals surface area contributed by atoms with Crippen molar-refractivity contribution in [1.29, 1.82) is 0 Å². The van der Waals surface area contributed by atoms with E-state index in [1.165, 1.54) is 0 Å². The van der Waals surface area contributed by atoms with E-state index in [-0.39, 0.29) is 23.0 Å². The summed E-state index contributed by atoms with van der Waals surface area (Å²) in [6, 6.07) is 17.8. The summed E-state index contributed by atoms with van der Waals surface area (Å²) in [6.45, 7) is 15.7. The Kier molecular flexibility index (Phi) is 11.2. The number of fused-ring (bicyclic) bond motifs is 1. The fraction of sp³-hybridized carbons (Fsp3) is 0.559. The Morgan fingerprint density at radius 3 is 2.38 bits per heavy atom. The number of ketones is 1. The molecule has 230 valence electrons. The fourth-order valence-corrected chi connectivity index (χ4v) is 6.45. The minimum Gasteiger partial charge on any atom is -0.497 e. The zero-order chi connectivity index (χ0) is 30.3. The Labute approximate surface area is 252 Å². The van der Waals surface area contributed by atoms with Crippen LogP contribution in [0.1, 0.15) is 63.9 Å². The normalized spacial score (nSPS) is 26.3. The van der Waals surface area contributed by atoms with E-state index in [0.717, 1.165) is 16.9 Å². The van der Waals surface area contributed by atoms with E-state index in [2.05, 4.69) is 52.6 Å². The molecule has 0 aliphatic carbocycles. The van der Waals surface area contributed by atoms with E-state index in [9.17, 15) is 4.79 Å². The Morgan fingerprint density at radius 2 is 1.74 bits per heavy atom. The molecule has 7 nitrogen and oxygen atoms in total. The molecule has 0 unspecified atom stereocenters. The van der Waals surface area contributed by atoms with Gasteiger partial charge in [-0.2, -0.15) is 0 Å². The highest BCUT2D eigenvalue weighted by Gasteiger charge is 2.53. The van der Waals surface area contributed by atoms with E-state index in [0.29, 0.717) is 38.9 Å². The topological polar surface area (TPSA) is 72.5 Å². The SMILES string of the molecule is C=CCCC(=O)CC[C@H]1O[C@@H]2CO[C@@H](c3ccc(OC)cc3)O[C@H]2[C@@H](OCc2ccccc2)[C@@H]1O[Si](C)(C)C(C)(C)C. The lowest BCUT2D eigenvalue weighted by molar-refractivity contribution is -0.333. The minimum atomic E-state index is -2.27. The van der Waals surface area contributed by atoms with Crippen molar-refractivity contribution in [2.45, 2.75) is 108 Å². The molecule has 6 atom stereocenters. The molecule has 4 rings (SSSR count). The summed E-state index contributed by atoms with van der Waals surface area (Å²) < 4.78 is 38.7.